The highest BCUT2D eigenvalue weighted by Gasteiger charge is 2.30. The fourth-order valence-corrected chi connectivity index (χ4v) is 2.06. The summed E-state index contributed by atoms with van der Waals surface area (Å²) < 4.78 is 0. The van der Waals surface area contributed by atoms with Gasteiger partial charge in [-0.15, -0.1) is 0 Å². The summed E-state index contributed by atoms with van der Waals surface area (Å²) in [5, 5.41) is 3.15. The monoisotopic (exact) mass is 219 g/mol. The third kappa shape index (κ3) is 2.73. The molecule has 1 fully saturated rings. The standard InChI is InChI=1S/C13H21N3/c1-10(11-4-5-11)16(3)9-13-8-12(14-2)6-7-15-13/h6-8,10-11H,4-5,9H2,1-3H3,(H,14,15). The Bertz CT molecular complexity index is 347. The van der Waals surface area contributed by atoms with Crippen molar-refractivity contribution in [3.05, 3.63) is 24.0 Å². The Morgan fingerprint density at radius 1 is 1.56 bits per heavy atom. The summed E-state index contributed by atoms with van der Waals surface area (Å²) in [6.45, 7) is 3.26. The van der Waals surface area contributed by atoms with Gasteiger partial charge < -0.3 is 5.32 Å². The van der Waals surface area contributed by atoms with Gasteiger partial charge in [0.1, 0.15) is 0 Å². The van der Waals surface area contributed by atoms with E-state index in [1.54, 1.807) is 0 Å². The van der Waals surface area contributed by atoms with Crippen LogP contribution < -0.4 is 5.32 Å². The van der Waals surface area contributed by atoms with Gasteiger partial charge in [0.2, 0.25) is 0 Å². The lowest BCUT2D eigenvalue weighted by atomic mass is 10.2. The number of nitrogens with zero attached hydrogens (tertiary/aromatic N) is 2. The molecule has 3 nitrogen and oxygen atoms in total. The Balaban J connectivity index is 1.96. The van der Waals surface area contributed by atoms with Crippen LogP contribution in [0.5, 0.6) is 0 Å². The van der Waals surface area contributed by atoms with Gasteiger partial charge in [-0.3, -0.25) is 9.88 Å². The predicted octanol–water partition coefficient (Wildman–Crippen LogP) is 2.35. The highest BCUT2D eigenvalue weighted by atomic mass is 15.1. The average Bonchev–Trinajstić information content (AvgIpc) is 3.12. The van der Waals surface area contributed by atoms with Crippen molar-refractivity contribution in [2.24, 2.45) is 5.92 Å². The second kappa shape index (κ2) is 4.83. The molecule has 1 N–H and O–H groups in total. The van der Waals surface area contributed by atoms with E-state index in [9.17, 15) is 0 Å². The largest absolute Gasteiger partial charge is 0.388 e. The molecule has 1 aromatic heterocycles. The van der Waals surface area contributed by atoms with Crippen molar-refractivity contribution in [1.29, 1.82) is 0 Å². The number of hydrogen-bond donors (Lipinski definition) is 1. The molecule has 1 aromatic rings. The average molecular weight is 219 g/mol. The molecule has 0 spiro atoms. The van der Waals surface area contributed by atoms with E-state index in [0.717, 1.165) is 23.8 Å². The summed E-state index contributed by atoms with van der Waals surface area (Å²) in [5.41, 5.74) is 2.28. The summed E-state index contributed by atoms with van der Waals surface area (Å²) in [4.78, 5) is 6.81. The fourth-order valence-electron chi connectivity index (χ4n) is 2.06. The minimum absolute atomic E-state index is 0.681. The zero-order valence-electron chi connectivity index (χ0n) is 10.4. The van der Waals surface area contributed by atoms with E-state index < -0.39 is 0 Å². The van der Waals surface area contributed by atoms with Crippen LogP contribution in [-0.2, 0) is 6.54 Å². The van der Waals surface area contributed by atoms with Gasteiger partial charge in [-0.05, 0) is 44.9 Å². The molecule has 1 saturated carbocycles. The normalized spacial score (nSPS) is 17.5. The maximum Gasteiger partial charge on any atom is 0.0564 e. The second-order valence-corrected chi connectivity index (χ2v) is 4.78. The van der Waals surface area contributed by atoms with E-state index in [1.807, 2.05) is 19.3 Å². The van der Waals surface area contributed by atoms with Gasteiger partial charge in [0, 0.05) is 31.5 Å². The molecule has 1 aliphatic carbocycles. The summed E-state index contributed by atoms with van der Waals surface area (Å²) in [5.74, 6) is 0.914. The van der Waals surface area contributed by atoms with Crippen molar-refractivity contribution in [2.75, 3.05) is 19.4 Å². The van der Waals surface area contributed by atoms with E-state index >= 15 is 0 Å². The zero-order chi connectivity index (χ0) is 11.5. The topological polar surface area (TPSA) is 28.2 Å². The molecule has 1 unspecified atom stereocenters. The Kier molecular flexibility index (Phi) is 3.44. The first-order chi connectivity index (χ1) is 7.70. The molecule has 1 atom stereocenters. The highest BCUT2D eigenvalue weighted by Crippen LogP contribution is 2.34. The molecule has 0 bridgehead atoms. The number of anilines is 1. The van der Waals surface area contributed by atoms with Crippen LogP contribution >= 0.6 is 0 Å². The van der Waals surface area contributed by atoms with E-state index in [0.29, 0.717) is 6.04 Å². The van der Waals surface area contributed by atoms with E-state index in [1.165, 1.54) is 12.8 Å². The molecule has 3 heteroatoms. The van der Waals surface area contributed by atoms with Crippen molar-refractivity contribution >= 4 is 5.69 Å². The van der Waals surface area contributed by atoms with Crippen LogP contribution in [-0.4, -0.2) is 30.0 Å². The Morgan fingerprint density at radius 3 is 2.94 bits per heavy atom. The molecular weight excluding hydrogens is 198 g/mol. The molecule has 0 saturated heterocycles. The van der Waals surface area contributed by atoms with E-state index in [4.69, 9.17) is 0 Å². The molecule has 2 rings (SSSR count). The lowest BCUT2D eigenvalue weighted by Crippen LogP contribution is -2.30. The van der Waals surface area contributed by atoms with Gasteiger partial charge in [0.25, 0.3) is 0 Å². The smallest absolute Gasteiger partial charge is 0.0564 e. The minimum Gasteiger partial charge on any atom is -0.388 e. The zero-order valence-corrected chi connectivity index (χ0v) is 10.4. The molecule has 16 heavy (non-hydrogen) atoms. The van der Waals surface area contributed by atoms with Crippen LogP contribution in [0.25, 0.3) is 0 Å². The fraction of sp³-hybridized carbons (Fsp3) is 0.615. The third-order valence-electron chi connectivity index (χ3n) is 3.52. The highest BCUT2D eigenvalue weighted by molar-refractivity contribution is 5.42. The van der Waals surface area contributed by atoms with Crippen molar-refractivity contribution in [2.45, 2.75) is 32.4 Å². The number of nitrogens with one attached hydrogen (secondary N) is 1. The molecule has 0 amide bonds. The van der Waals surface area contributed by atoms with Crippen molar-refractivity contribution in [3.8, 4) is 0 Å². The maximum absolute atomic E-state index is 4.41. The summed E-state index contributed by atoms with van der Waals surface area (Å²) in [7, 11) is 4.13. The van der Waals surface area contributed by atoms with Crippen LogP contribution in [0.15, 0.2) is 18.3 Å². The Labute approximate surface area is 97.9 Å². The molecule has 88 valence electrons. The van der Waals surface area contributed by atoms with Crippen molar-refractivity contribution in [1.82, 2.24) is 9.88 Å². The number of rotatable bonds is 5. The van der Waals surface area contributed by atoms with Crippen LogP contribution in [0.4, 0.5) is 5.69 Å². The first-order valence-electron chi connectivity index (χ1n) is 6.03. The van der Waals surface area contributed by atoms with Crippen molar-refractivity contribution < 1.29 is 0 Å². The molecule has 1 heterocycles. The van der Waals surface area contributed by atoms with Crippen LogP contribution in [0.2, 0.25) is 0 Å². The van der Waals surface area contributed by atoms with Gasteiger partial charge in [-0.25, -0.2) is 0 Å². The first-order valence-corrected chi connectivity index (χ1v) is 6.03. The quantitative estimate of drug-likeness (QED) is 0.824. The number of aromatic nitrogens is 1. The van der Waals surface area contributed by atoms with Crippen molar-refractivity contribution in [3.63, 3.8) is 0 Å². The van der Waals surface area contributed by atoms with Crippen LogP contribution in [0.1, 0.15) is 25.5 Å². The Morgan fingerprint density at radius 2 is 2.31 bits per heavy atom. The maximum atomic E-state index is 4.41. The molecule has 0 aliphatic heterocycles. The summed E-state index contributed by atoms with van der Waals surface area (Å²) >= 11 is 0. The molecule has 0 aromatic carbocycles. The van der Waals surface area contributed by atoms with E-state index in [-0.39, 0.29) is 0 Å². The van der Waals surface area contributed by atoms with Gasteiger partial charge in [0.05, 0.1) is 5.69 Å². The van der Waals surface area contributed by atoms with Gasteiger partial charge >= 0.3 is 0 Å². The molecular formula is C13H21N3. The minimum atomic E-state index is 0.681. The second-order valence-electron chi connectivity index (χ2n) is 4.78. The molecule has 0 radical (unpaired) electrons. The predicted molar refractivity (Wildman–Crippen MR) is 67.4 cm³/mol. The van der Waals surface area contributed by atoms with Gasteiger partial charge in [-0.2, -0.15) is 0 Å². The SMILES string of the molecule is CNc1ccnc(CN(C)C(C)C2CC2)c1. The van der Waals surface area contributed by atoms with Crippen LogP contribution in [0, 0.1) is 5.92 Å². The lowest BCUT2D eigenvalue weighted by molar-refractivity contribution is 0.224. The third-order valence-corrected chi connectivity index (χ3v) is 3.52. The molecule has 1 aliphatic rings. The van der Waals surface area contributed by atoms with Gasteiger partial charge in [-0.1, -0.05) is 0 Å². The lowest BCUT2D eigenvalue weighted by Gasteiger charge is -2.24. The Hall–Kier alpha value is -1.09. The van der Waals surface area contributed by atoms with Gasteiger partial charge in [0.15, 0.2) is 0 Å². The van der Waals surface area contributed by atoms with Crippen LogP contribution in [0.3, 0.4) is 0 Å². The first kappa shape index (κ1) is 11.4. The summed E-state index contributed by atoms with van der Waals surface area (Å²) in [6.07, 6.45) is 4.67. The number of pyridine rings is 1. The number of hydrogen-bond acceptors (Lipinski definition) is 3. The van der Waals surface area contributed by atoms with E-state index in [2.05, 4.69) is 35.2 Å². The summed E-state index contributed by atoms with van der Waals surface area (Å²) in [6, 6.07) is 4.80.